The van der Waals surface area contributed by atoms with Crippen molar-refractivity contribution in [2.24, 2.45) is 0 Å². The summed E-state index contributed by atoms with van der Waals surface area (Å²) in [6.45, 7) is 1.50. The molecular weight excluding hydrogens is 287 g/mol. The van der Waals surface area contributed by atoms with Crippen LogP contribution in [0, 0.1) is 6.92 Å². The van der Waals surface area contributed by atoms with Crippen LogP contribution in [0.3, 0.4) is 0 Å². The molecular formula is C9H8Cl2N2O3S. The van der Waals surface area contributed by atoms with Gasteiger partial charge in [0.15, 0.2) is 0 Å². The molecule has 0 spiro atoms. The van der Waals surface area contributed by atoms with Crippen LogP contribution in [-0.4, -0.2) is 26.8 Å². The molecule has 0 aliphatic heterocycles. The highest BCUT2D eigenvalue weighted by Gasteiger charge is 2.16. The Labute approximate surface area is 111 Å². The highest BCUT2D eigenvalue weighted by Crippen LogP contribution is 2.24. The van der Waals surface area contributed by atoms with Crippen molar-refractivity contribution in [2.45, 2.75) is 11.9 Å². The summed E-state index contributed by atoms with van der Waals surface area (Å²) in [4.78, 5) is 28.1. The summed E-state index contributed by atoms with van der Waals surface area (Å²) in [5, 5.41) is 9.47. The van der Waals surface area contributed by atoms with Crippen LogP contribution in [0.2, 0.25) is 0 Å². The van der Waals surface area contributed by atoms with Crippen LogP contribution in [0.1, 0.15) is 16.1 Å². The maximum Gasteiger partial charge on any atom is 0.346 e. The first-order valence-electron chi connectivity index (χ1n) is 4.37. The highest BCUT2D eigenvalue weighted by molar-refractivity contribution is 7.99. The Bertz CT molecular complexity index is 527. The molecule has 1 aromatic heterocycles. The lowest BCUT2D eigenvalue weighted by Gasteiger charge is -2.06. The lowest BCUT2D eigenvalue weighted by molar-refractivity contribution is 0.0690. The number of halogens is 2. The van der Waals surface area contributed by atoms with Gasteiger partial charge in [0.25, 0.3) is 0 Å². The largest absolute Gasteiger partial charge is 0.478 e. The lowest BCUT2D eigenvalue weighted by atomic mass is 10.2. The van der Waals surface area contributed by atoms with Gasteiger partial charge in [0.05, 0.1) is 0 Å². The second kappa shape index (κ2) is 6.09. The van der Waals surface area contributed by atoms with E-state index < -0.39 is 11.7 Å². The second-order valence-corrected chi connectivity index (χ2v) is 4.66. The van der Waals surface area contributed by atoms with Crippen LogP contribution in [0.25, 0.3) is 0 Å². The molecule has 0 amide bonds. The van der Waals surface area contributed by atoms with E-state index in [0.29, 0.717) is 5.03 Å². The molecule has 0 aliphatic carbocycles. The van der Waals surface area contributed by atoms with E-state index in [1.807, 2.05) is 0 Å². The molecule has 8 heteroatoms. The number of aromatic amines is 1. The maximum atomic E-state index is 11.2. The van der Waals surface area contributed by atoms with Gasteiger partial charge in [-0.05, 0) is 6.92 Å². The molecule has 0 saturated carbocycles. The van der Waals surface area contributed by atoms with Gasteiger partial charge < -0.3 is 10.1 Å². The van der Waals surface area contributed by atoms with Gasteiger partial charge in [-0.1, -0.05) is 35.0 Å². The highest BCUT2D eigenvalue weighted by atomic mass is 35.5. The van der Waals surface area contributed by atoms with Gasteiger partial charge in [-0.15, -0.1) is 0 Å². The third-order valence-corrected chi connectivity index (χ3v) is 3.57. The second-order valence-electron chi connectivity index (χ2n) is 3.00. The van der Waals surface area contributed by atoms with Crippen molar-refractivity contribution in [2.75, 3.05) is 5.75 Å². The van der Waals surface area contributed by atoms with Crippen LogP contribution in [0.4, 0.5) is 0 Å². The molecule has 2 N–H and O–H groups in total. The van der Waals surface area contributed by atoms with Gasteiger partial charge in [-0.3, -0.25) is 0 Å². The average molecular weight is 295 g/mol. The van der Waals surface area contributed by atoms with E-state index in [9.17, 15) is 9.59 Å². The van der Waals surface area contributed by atoms with Crippen molar-refractivity contribution >= 4 is 40.9 Å². The Hall–Kier alpha value is -0.980. The zero-order valence-corrected chi connectivity index (χ0v) is 11.0. The smallest absolute Gasteiger partial charge is 0.346 e. The molecule has 0 atom stereocenters. The number of carboxylic acids is 1. The van der Waals surface area contributed by atoms with Crippen molar-refractivity contribution in [1.82, 2.24) is 9.97 Å². The van der Waals surface area contributed by atoms with Crippen molar-refractivity contribution < 1.29 is 9.90 Å². The van der Waals surface area contributed by atoms with Crippen LogP contribution in [-0.2, 0) is 0 Å². The number of nitrogens with one attached hydrogen (secondary N) is 1. The minimum Gasteiger partial charge on any atom is -0.478 e. The molecule has 92 valence electrons. The summed E-state index contributed by atoms with van der Waals surface area (Å²) in [5.74, 6) is -0.902. The van der Waals surface area contributed by atoms with Crippen LogP contribution in [0.5, 0.6) is 0 Å². The van der Waals surface area contributed by atoms with Gasteiger partial charge in [0.1, 0.15) is 10.6 Å². The van der Waals surface area contributed by atoms with E-state index in [1.54, 1.807) is 0 Å². The Morgan fingerprint density at radius 1 is 1.65 bits per heavy atom. The number of hydrogen-bond acceptors (Lipinski definition) is 4. The Kier molecular flexibility index (Phi) is 5.04. The fourth-order valence-corrected chi connectivity index (χ4v) is 2.31. The number of aromatic nitrogens is 2. The van der Waals surface area contributed by atoms with Gasteiger partial charge in [-0.2, -0.15) is 4.98 Å². The molecule has 0 radical (unpaired) electrons. The number of thioether (sulfide) groups is 1. The number of carbonyl (C=O) groups is 1. The minimum atomic E-state index is -1.15. The topological polar surface area (TPSA) is 83.0 Å². The summed E-state index contributed by atoms with van der Waals surface area (Å²) in [5.41, 5.74) is 0.801. The third-order valence-electron chi connectivity index (χ3n) is 1.77. The summed E-state index contributed by atoms with van der Waals surface area (Å²) in [6, 6.07) is 0. The number of carboxylic acid groups (broad SMARTS) is 1. The van der Waals surface area contributed by atoms with E-state index in [1.165, 1.54) is 12.5 Å². The predicted octanol–water partition coefficient (Wildman–Crippen LogP) is 2.19. The summed E-state index contributed by atoms with van der Waals surface area (Å²) in [7, 11) is 0. The first-order chi connectivity index (χ1) is 7.95. The monoisotopic (exact) mass is 294 g/mol. The van der Waals surface area contributed by atoms with Crippen LogP contribution >= 0.6 is 35.0 Å². The normalized spacial score (nSPS) is 11.6. The van der Waals surface area contributed by atoms with Crippen molar-refractivity contribution in [3.63, 3.8) is 0 Å². The van der Waals surface area contributed by atoms with Crippen LogP contribution in [0.15, 0.2) is 20.4 Å². The first kappa shape index (κ1) is 14.1. The standard InChI is InChI=1S/C9H8Cl2N2O3S/c1-4-6(8(14)15)7(13-9(16)12-4)17-3-5(11)2-10/h2H,3H2,1H3,(H,14,15)(H,12,13,16). The average Bonchev–Trinajstić information content (AvgIpc) is 2.24. The van der Waals surface area contributed by atoms with E-state index in [0.717, 1.165) is 11.8 Å². The quantitative estimate of drug-likeness (QED) is 0.657. The molecule has 17 heavy (non-hydrogen) atoms. The Morgan fingerprint density at radius 2 is 2.29 bits per heavy atom. The predicted molar refractivity (Wildman–Crippen MR) is 67.1 cm³/mol. The molecule has 0 saturated heterocycles. The fraction of sp³-hybridized carbons (Fsp3) is 0.222. The van der Waals surface area contributed by atoms with Crippen molar-refractivity contribution in [3.8, 4) is 0 Å². The lowest BCUT2D eigenvalue weighted by Crippen LogP contribution is -2.18. The van der Waals surface area contributed by atoms with Crippen LogP contribution < -0.4 is 5.69 Å². The zero-order chi connectivity index (χ0) is 13.0. The van der Waals surface area contributed by atoms with Gasteiger partial charge in [-0.25, -0.2) is 9.59 Å². The van der Waals surface area contributed by atoms with Gasteiger partial charge in [0, 0.05) is 22.0 Å². The minimum absolute atomic E-state index is 0.0337. The molecule has 0 aliphatic rings. The molecule has 1 aromatic rings. The molecule has 0 bridgehead atoms. The number of rotatable bonds is 4. The Morgan fingerprint density at radius 3 is 2.82 bits per heavy atom. The Balaban J connectivity index is 3.13. The SMILES string of the molecule is Cc1[nH]c(=O)nc(SCC(Cl)=CCl)c1C(=O)O. The molecule has 0 unspecified atom stereocenters. The van der Waals surface area contributed by atoms with Gasteiger partial charge in [0.2, 0.25) is 0 Å². The molecule has 0 aromatic carbocycles. The first-order valence-corrected chi connectivity index (χ1v) is 6.17. The number of nitrogens with zero attached hydrogens (tertiary/aromatic N) is 1. The van der Waals surface area contributed by atoms with Crippen molar-refractivity contribution in [3.05, 3.63) is 32.3 Å². The maximum absolute atomic E-state index is 11.2. The zero-order valence-electron chi connectivity index (χ0n) is 8.66. The van der Waals surface area contributed by atoms with Gasteiger partial charge >= 0.3 is 11.7 Å². The molecule has 1 heterocycles. The van der Waals surface area contributed by atoms with Crippen molar-refractivity contribution in [1.29, 1.82) is 0 Å². The molecule has 1 rings (SSSR count). The molecule has 5 nitrogen and oxygen atoms in total. The number of aromatic carboxylic acids is 1. The summed E-state index contributed by atoms with van der Waals surface area (Å²) in [6.07, 6.45) is 0. The van der Waals surface area contributed by atoms with E-state index in [2.05, 4.69) is 9.97 Å². The third kappa shape index (κ3) is 3.76. The fourth-order valence-electron chi connectivity index (χ4n) is 1.08. The van der Waals surface area contributed by atoms with E-state index >= 15 is 0 Å². The van der Waals surface area contributed by atoms with E-state index in [-0.39, 0.29) is 22.0 Å². The number of aryl methyl sites for hydroxylation is 1. The number of H-pyrrole nitrogens is 1. The summed E-state index contributed by atoms with van der Waals surface area (Å²) >= 11 is 12.1. The molecule has 0 fully saturated rings. The summed E-state index contributed by atoms with van der Waals surface area (Å²) < 4.78 is 0. The number of hydrogen-bond donors (Lipinski definition) is 2. The van der Waals surface area contributed by atoms with E-state index in [4.69, 9.17) is 28.3 Å².